The van der Waals surface area contributed by atoms with Gasteiger partial charge in [0, 0.05) is 24.2 Å². The van der Waals surface area contributed by atoms with Gasteiger partial charge in [0.05, 0.1) is 5.52 Å². The number of carbonyl (C=O) groups is 1. The predicted octanol–water partition coefficient (Wildman–Crippen LogP) is 1.59. The number of amides is 1. The highest BCUT2D eigenvalue weighted by Gasteiger charge is 1.98. The fourth-order valence-electron chi connectivity index (χ4n) is 1.27. The summed E-state index contributed by atoms with van der Waals surface area (Å²) in [6, 6.07) is 5.51. The molecule has 0 saturated heterocycles. The standard InChI is InChI=1S/C10H9N3O/c1-7(14)13-9-2-3-10-8(4-9)5-11-6-12-10/h2-6H,1H3,(H,13,14). The minimum Gasteiger partial charge on any atom is -0.326 e. The number of hydrogen-bond donors (Lipinski definition) is 1. The van der Waals surface area contributed by atoms with Crippen LogP contribution in [0.2, 0.25) is 0 Å². The zero-order valence-electron chi connectivity index (χ0n) is 7.69. The lowest BCUT2D eigenvalue weighted by Crippen LogP contribution is -2.05. The average molecular weight is 187 g/mol. The normalized spacial score (nSPS) is 10.1. The molecule has 14 heavy (non-hydrogen) atoms. The molecule has 1 amide bonds. The van der Waals surface area contributed by atoms with Crippen LogP contribution in [0.25, 0.3) is 10.9 Å². The summed E-state index contributed by atoms with van der Waals surface area (Å²) in [6.07, 6.45) is 3.22. The average Bonchev–Trinajstić information content (AvgIpc) is 2.17. The van der Waals surface area contributed by atoms with Crippen molar-refractivity contribution in [3.63, 3.8) is 0 Å². The van der Waals surface area contributed by atoms with Crippen LogP contribution < -0.4 is 5.32 Å². The van der Waals surface area contributed by atoms with Crippen molar-refractivity contribution in [1.29, 1.82) is 0 Å². The van der Waals surface area contributed by atoms with Gasteiger partial charge in [-0.25, -0.2) is 9.97 Å². The van der Waals surface area contributed by atoms with Crippen LogP contribution in [-0.2, 0) is 4.79 Å². The lowest BCUT2D eigenvalue weighted by atomic mass is 10.2. The third-order valence-electron chi connectivity index (χ3n) is 1.83. The van der Waals surface area contributed by atoms with E-state index in [0.717, 1.165) is 16.6 Å². The summed E-state index contributed by atoms with van der Waals surface area (Å²) < 4.78 is 0. The lowest BCUT2D eigenvalue weighted by Gasteiger charge is -2.02. The Kier molecular flexibility index (Phi) is 2.10. The van der Waals surface area contributed by atoms with Gasteiger partial charge in [-0.15, -0.1) is 0 Å². The zero-order valence-corrected chi connectivity index (χ0v) is 7.69. The van der Waals surface area contributed by atoms with Crippen molar-refractivity contribution in [3.05, 3.63) is 30.7 Å². The predicted molar refractivity (Wildman–Crippen MR) is 53.8 cm³/mol. The Morgan fingerprint density at radius 2 is 2.29 bits per heavy atom. The molecule has 0 spiro atoms. The molecule has 4 nitrogen and oxygen atoms in total. The smallest absolute Gasteiger partial charge is 0.221 e. The van der Waals surface area contributed by atoms with E-state index in [1.54, 1.807) is 6.20 Å². The molecule has 2 aromatic rings. The van der Waals surface area contributed by atoms with Gasteiger partial charge in [-0.05, 0) is 18.2 Å². The molecule has 1 aromatic carbocycles. The van der Waals surface area contributed by atoms with E-state index in [1.807, 2.05) is 18.2 Å². The van der Waals surface area contributed by atoms with Gasteiger partial charge in [0.15, 0.2) is 0 Å². The summed E-state index contributed by atoms with van der Waals surface area (Å²) in [4.78, 5) is 18.8. The summed E-state index contributed by atoms with van der Waals surface area (Å²) in [6.45, 7) is 1.48. The van der Waals surface area contributed by atoms with Crippen LogP contribution in [0, 0.1) is 0 Å². The third kappa shape index (κ3) is 1.69. The number of nitrogens with one attached hydrogen (secondary N) is 1. The molecule has 0 bridgehead atoms. The quantitative estimate of drug-likeness (QED) is 0.737. The minimum absolute atomic E-state index is 0.0822. The van der Waals surface area contributed by atoms with Crippen molar-refractivity contribution in [2.75, 3.05) is 5.32 Å². The number of benzene rings is 1. The molecule has 0 fully saturated rings. The Balaban J connectivity index is 2.46. The molecule has 0 radical (unpaired) electrons. The lowest BCUT2D eigenvalue weighted by molar-refractivity contribution is -0.114. The van der Waals surface area contributed by atoms with Crippen molar-refractivity contribution < 1.29 is 4.79 Å². The highest BCUT2D eigenvalue weighted by molar-refractivity contribution is 5.91. The van der Waals surface area contributed by atoms with Gasteiger partial charge in [-0.2, -0.15) is 0 Å². The SMILES string of the molecule is CC(=O)Nc1ccc2ncncc2c1. The van der Waals surface area contributed by atoms with Crippen LogP contribution in [-0.4, -0.2) is 15.9 Å². The summed E-state index contributed by atoms with van der Waals surface area (Å²) in [5.41, 5.74) is 1.63. The fraction of sp³-hybridized carbons (Fsp3) is 0.100. The number of rotatable bonds is 1. The Labute approximate surface area is 81.0 Å². The van der Waals surface area contributed by atoms with Gasteiger partial charge in [-0.1, -0.05) is 0 Å². The van der Waals surface area contributed by atoms with Crippen LogP contribution in [0.5, 0.6) is 0 Å². The maximum Gasteiger partial charge on any atom is 0.221 e. The molecule has 0 aliphatic carbocycles. The summed E-state index contributed by atoms with van der Waals surface area (Å²) in [7, 11) is 0. The van der Waals surface area contributed by atoms with Gasteiger partial charge in [0.25, 0.3) is 0 Å². The molecule has 4 heteroatoms. The van der Waals surface area contributed by atoms with Crippen molar-refractivity contribution in [1.82, 2.24) is 9.97 Å². The molecule has 0 aliphatic rings. The number of nitrogens with zero attached hydrogens (tertiary/aromatic N) is 2. The van der Waals surface area contributed by atoms with Crippen molar-refractivity contribution in [3.8, 4) is 0 Å². The first kappa shape index (κ1) is 8.62. The molecule has 0 aliphatic heterocycles. The van der Waals surface area contributed by atoms with E-state index >= 15 is 0 Å². The van der Waals surface area contributed by atoms with Gasteiger partial charge < -0.3 is 5.32 Å². The Morgan fingerprint density at radius 1 is 1.43 bits per heavy atom. The van der Waals surface area contributed by atoms with E-state index in [2.05, 4.69) is 15.3 Å². The highest BCUT2D eigenvalue weighted by atomic mass is 16.1. The van der Waals surface area contributed by atoms with E-state index in [1.165, 1.54) is 13.3 Å². The van der Waals surface area contributed by atoms with Crippen LogP contribution in [0.4, 0.5) is 5.69 Å². The van der Waals surface area contributed by atoms with Crippen LogP contribution in [0.15, 0.2) is 30.7 Å². The number of carbonyl (C=O) groups excluding carboxylic acids is 1. The largest absolute Gasteiger partial charge is 0.326 e. The topological polar surface area (TPSA) is 54.9 Å². The third-order valence-corrected chi connectivity index (χ3v) is 1.83. The van der Waals surface area contributed by atoms with Gasteiger partial charge in [-0.3, -0.25) is 4.79 Å². The van der Waals surface area contributed by atoms with Crippen LogP contribution >= 0.6 is 0 Å². The molecule has 1 heterocycles. The van der Waals surface area contributed by atoms with E-state index in [9.17, 15) is 4.79 Å². The van der Waals surface area contributed by atoms with E-state index in [0.29, 0.717) is 0 Å². The second kappa shape index (κ2) is 3.41. The second-order valence-corrected chi connectivity index (χ2v) is 2.98. The van der Waals surface area contributed by atoms with Gasteiger partial charge in [0.2, 0.25) is 5.91 Å². The van der Waals surface area contributed by atoms with Crippen LogP contribution in [0.3, 0.4) is 0 Å². The zero-order chi connectivity index (χ0) is 9.97. The maximum atomic E-state index is 10.8. The highest BCUT2D eigenvalue weighted by Crippen LogP contribution is 2.15. The van der Waals surface area contributed by atoms with E-state index in [-0.39, 0.29) is 5.91 Å². The first-order valence-electron chi connectivity index (χ1n) is 4.23. The summed E-state index contributed by atoms with van der Waals surface area (Å²) in [5, 5.41) is 3.62. The Bertz CT molecular complexity index is 482. The molecule has 0 unspecified atom stereocenters. The molecule has 1 aromatic heterocycles. The molecular formula is C10H9N3O. The van der Waals surface area contributed by atoms with Crippen molar-refractivity contribution >= 4 is 22.5 Å². The maximum absolute atomic E-state index is 10.8. The number of fused-ring (bicyclic) bond motifs is 1. The van der Waals surface area contributed by atoms with Gasteiger partial charge in [0.1, 0.15) is 6.33 Å². The van der Waals surface area contributed by atoms with E-state index < -0.39 is 0 Å². The summed E-state index contributed by atoms with van der Waals surface area (Å²) in [5.74, 6) is -0.0822. The molecule has 0 saturated carbocycles. The molecular weight excluding hydrogens is 178 g/mol. The Morgan fingerprint density at radius 3 is 3.07 bits per heavy atom. The second-order valence-electron chi connectivity index (χ2n) is 2.98. The Hall–Kier alpha value is -1.97. The minimum atomic E-state index is -0.0822. The number of hydrogen-bond acceptors (Lipinski definition) is 3. The molecule has 2 rings (SSSR count). The number of anilines is 1. The van der Waals surface area contributed by atoms with Crippen molar-refractivity contribution in [2.45, 2.75) is 6.92 Å². The fourth-order valence-corrected chi connectivity index (χ4v) is 1.27. The van der Waals surface area contributed by atoms with Crippen molar-refractivity contribution in [2.24, 2.45) is 0 Å². The molecule has 70 valence electrons. The monoisotopic (exact) mass is 187 g/mol. The number of aromatic nitrogens is 2. The van der Waals surface area contributed by atoms with E-state index in [4.69, 9.17) is 0 Å². The first-order chi connectivity index (χ1) is 6.75. The first-order valence-corrected chi connectivity index (χ1v) is 4.23. The van der Waals surface area contributed by atoms with Crippen LogP contribution in [0.1, 0.15) is 6.92 Å². The molecule has 0 atom stereocenters. The summed E-state index contributed by atoms with van der Waals surface area (Å²) >= 11 is 0. The molecule has 1 N–H and O–H groups in total. The van der Waals surface area contributed by atoms with Gasteiger partial charge >= 0.3 is 0 Å².